The third kappa shape index (κ3) is 4.80. The first kappa shape index (κ1) is 18.8. The number of pyridine rings is 2. The highest BCUT2D eigenvalue weighted by molar-refractivity contribution is 5.92. The number of aromatic nitrogens is 3. The fourth-order valence-corrected chi connectivity index (χ4v) is 3.06. The number of aromatic amines is 1. The van der Waals surface area contributed by atoms with Crippen molar-refractivity contribution < 1.29 is 0 Å². The van der Waals surface area contributed by atoms with Crippen LogP contribution in [-0.2, 0) is 6.54 Å². The van der Waals surface area contributed by atoms with Crippen LogP contribution in [0.4, 0.5) is 0 Å². The molecule has 4 heteroatoms. The van der Waals surface area contributed by atoms with Crippen molar-refractivity contribution in [1.29, 1.82) is 0 Å². The molecule has 3 rings (SSSR count). The lowest BCUT2D eigenvalue weighted by Crippen LogP contribution is -2.24. The van der Waals surface area contributed by atoms with Crippen molar-refractivity contribution >= 4 is 16.6 Å². The molecule has 0 aliphatic carbocycles. The second-order valence-electron chi connectivity index (χ2n) is 6.48. The standard InChI is InChI=1S/C23H26N4/c1-4-19(16-27(5-2)17-20-8-12-24-13-9-20)7-6-18(3)21-10-14-25-23-22(21)11-15-26-23/h4,6-15H,3,5,16-17H2,1-2H3,(H,25,26)/b7-6-,19-4+. The maximum absolute atomic E-state index is 4.34. The summed E-state index contributed by atoms with van der Waals surface area (Å²) in [5, 5.41) is 1.10. The molecule has 3 heterocycles. The van der Waals surface area contributed by atoms with Gasteiger partial charge in [0.25, 0.3) is 0 Å². The van der Waals surface area contributed by atoms with E-state index in [0.29, 0.717) is 0 Å². The Kier molecular flexibility index (Phi) is 6.34. The Morgan fingerprint density at radius 1 is 1.15 bits per heavy atom. The minimum atomic E-state index is 0.891. The van der Waals surface area contributed by atoms with E-state index in [-0.39, 0.29) is 0 Å². The van der Waals surface area contributed by atoms with Crippen LogP contribution in [0.3, 0.4) is 0 Å². The van der Waals surface area contributed by atoms with Gasteiger partial charge in [-0.15, -0.1) is 0 Å². The molecule has 0 bridgehead atoms. The SMILES string of the molecule is C=C(/C=C\C(=C/C)CN(CC)Cc1ccncc1)c1ccnc2[nH]ccc12. The number of hydrogen-bond acceptors (Lipinski definition) is 3. The van der Waals surface area contributed by atoms with Gasteiger partial charge in [-0.05, 0) is 60.0 Å². The molecule has 0 spiro atoms. The molecule has 3 aromatic rings. The van der Waals surface area contributed by atoms with Gasteiger partial charge in [-0.1, -0.05) is 31.7 Å². The fourth-order valence-electron chi connectivity index (χ4n) is 3.06. The number of allylic oxidation sites excluding steroid dienone is 3. The van der Waals surface area contributed by atoms with Crippen molar-refractivity contribution in [2.24, 2.45) is 0 Å². The summed E-state index contributed by atoms with van der Waals surface area (Å²) < 4.78 is 0. The third-order valence-electron chi connectivity index (χ3n) is 4.68. The quantitative estimate of drug-likeness (QED) is 0.577. The maximum atomic E-state index is 4.34. The molecule has 0 fully saturated rings. The van der Waals surface area contributed by atoms with E-state index in [1.807, 2.05) is 36.9 Å². The fraction of sp³-hybridized carbons (Fsp3) is 0.217. The van der Waals surface area contributed by atoms with Gasteiger partial charge in [0.2, 0.25) is 0 Å². The average Bonchev–Trinajstić information content (AvgIpc) is 3.19. The Hall–Kier alpha value is -2.98. The first-order valence-corrected chi connectivity index (χ1v) is 9.27. The summed E-state index contributed by atoms with van der Waals surface area (Å²) in [5.41, 5.74) is 5.53. The van der Waals surface area contributed by atoms with Gasteiger partial charge < -0.3 is 4.98 Å². The lowest BCUT2D eigenvalue weighted by atomic mass is 10.0. The van der Waals surface area contributed by atoms with Crippen LogP contribution in [0, 0.1) is 0 Å². The van der Waals surface area contributed by atoms with Gasteiger partial charge in [0.05, 0.1) is 0 Å². The highest BCUT2D eigenvalue weighted by Gasteiger charge is 2.07. The van der Waals surface area contributed by atoms with E-state index < -0.39 is 0 Å². The molecule has 27 heavy (non-hydrogen) atoms. The van der Waals surface area contributed by atoms with Crippen molar-refractivity contribution in [2.75, 3.05) is 13.1 Å². The summed E-state index contributed by atoms with van der Waals surface area (Å²) in [6, 6.07) is 8.20. The summed E-state index contributed by atoms with van der Waals surface area (Å²) in [6.07, 6.45) is 13.8. The lowest BCUT2D eigenvalue weighted by molar-refractivity contribution is 0.306. The Morgan fingerprint density at radius 2 is 1.96 bits per heavy atom. The van der Waals surface area contributed by atoms with Crippen molar-refractivity contribution in [3.05, 3.63) is 90.6 Å². The van der Waals surface area contributed by atoms with Crippen molar-refractivity contribution in [2.45, 2.75) is 20.4 Å². The minimum absolute atomic E-state index is 0.891. The van der Waals surface area contributed by atoms with Crippen molar-refractivity contribution in [1.82, 2.24) is 19.9 Å². The first-order chi connectivity index (χ1) is 13.2. The molecule has 0 aliphatic heterocycles. The molecule has 0 unspecified atom stereocenters. The van der Waals surface area contributed by atoms with Crippen LogP contribution < -0.4 is 0 Å². The van der Waals surface area contributed by atoms with Crippen LogP contribution in [0.1, 0.15) is 25.0 Å². The topological polar surface area (TPSA) is 44.8 Å². The van der Waals surface area contributed by atoms with E-state index in [1.165, 1.54) is 11.1 Å². The molecule has 0 saturated carbocycles. The first-order valence-electron chi connectivity index (χ1n) is 9.27. The van der Waals surface area contributed by atoms with Gasteiger partial charge in [0.1, 0.15) is 5.65 Å². The van der Waals surface area contributed by atoms with Crippen LogP contribution in [-0.4, -0.2) is 32.9 Å². The molecule has 0 radical (unpaired) electrons. The molecule has 0 aliphatic rings. The Bertz CT molecular complexity index is 951. The van der Waals surface area contributed by atoms with Crippen LogP contribution in [0.25, 0.3) is 16.6 Å². The molecule has 0 aromatic carbocycles. The molecule has 3 aromatic heterocycles. The van der Waals surface area contributed by atoms with Crippen LogP contribution >= 0.6 is 0 Å². The number of fused-ring (bicyclic) bond motifs is 1. The van der Waals surface area contributed by atoms with Crippen LogP contribution in [0.5, 0.6) is 0 Å². The van der Waals surface area contributed by atoms with Gasteiger partial charge in [-0.3, -0.25) is 9.88 Å². The summed E-state index contributed by atoms with van der Waals surface area (Å²) in [6.45, 7) is 11.3. The minimum Gasteiger partial charge on any atom is -0.346 e. The summed E-state index contributed by atoms with van der Waals surface area (Å²) in [5.74, 6) is 0. The van der Waals surface area contributed by atoms with Gasteiger partial charge in [0, 0.05) is 43.3 Å². The highest BCUT2D eigenvalue weighted by atomic mass is 15.1. The Labute approximate surface area is 161 Å². The molecular formula is C23H26N4. The molecular weight excluding hydrogens is 332 g/mol. The Morgan fingerprint density at radius 3 is 2.70 bits per heavy atom. The summed E-state index contributed by atoms with van der Waals surface area (Å²) in [4.78, 5) is 14.0. The van der Waals surface area contributed by atoms with E-state index in [0.717, 1.165) is 41.8 Å². The molecule has 0 atom stereocenters. The van der Waals surface area contributed by atoms with Gasteiger partial charge in [-0.2, -0.15) is 0 Å². The third-order valence-corrected chi connectivity index (χ3v) is 4.68. The van der Waals surface area contributed by atoms with E-state index in [4.69, 9.17) is 0 Å². The van der Waals surface area contributed by atoms with Gasteiger partial charge in [-0.25, -0.2) is 4.98 Å². The maximum Gasteiger partial charge on any atom is 0.137 e. The number of hydrogen-bond donors (Lipinski definition) is 1. The average molecular weight is 358 g/mol. The number of nitrogens with zero attached hydrogens (tertiary/aromatic N) is 3. The van der Waals surface area contributed by atoms with Crippen molar-refractivity contribution in [3.63, 3.8) is 0 Å². The Balaban J connectivity index is 1.68. The zero-order valence-electron chi connectivity index (χ0n) is 16.0. The zero-order chi connectivity index (χ0) is 19.1. The molecule has 4 nitrogen and oxygen atoms in total. The van der Waals surface area contributed by atoms with E-state index >= 15 is 0 Å². The van der Waals surface area contributed by atoms with Crippen LogP contribution in [0.15, 0.2) is 79.4 Å². The normalized spacial score (nSPS) is 12.3. The van der Waals surface area contributed by atoms with E-state index in [1.54, 1.807) is 0 Å². The molecule has 0 amide bonds. The number of likely N-dealkylation sites (N-methyl/N-ethyl adjacent to an activating group) is 1. The van der Waals surface area contributed by atoms with E-state index in [2.05, 4.69) is 70.6 Å². The second kappa shape index (κ2) is 9.10. The lowest BCUT2D eigenvalue weighted by Gasteiger charge is -2.21. The number of rotatable bonds is 8. The van der Waals surface area contributed by atoms with Gasteiger partial charge in [0.15, 0.2) is 0 Å². The summed E-state index contributed by atoms with van der Waals surface area (Å²) >= 11 is 0. The van der Waals surface area contributed by atoms with E-state index in [9.17, 15) is 0 Å². The summed E-state index contributed by atoms with van der Waals surface area (Å²) in [7, 11) is 0. The van der Waals surface area contributed by atoms with Crippen LogP contribution in [0.2, 0.25) is 0 Å². The molecule has 0 saturated heterocycles. The highest BCUT2D eigenvalue weighted by Crippen LogP contribution is 2.23. The predicted octanol–water partition coefficient (Wildman–Crippen LogP) is 5.00. The van der Waals surface area contributed by atoms with Gasteiger partial charge >= 0.3 is 0 Å². The largest absolute Gasteiger partial charge is 0.346 e. The molecule has 138 valence electrons. The van der Waals surface area contributed by atoms with Crippen molar-refractivity contribution in [3.8, 4) is 0 Å². The smallest absolute Gasteiger partial charge is 0.137 e. The second-order valence-corrected chi connectivity index (χ2v) is 6.48. The zero-order valence-corrected chi connectivity index (χ0v) is 16.0. The predicted molar refractivity (Wildman–Crippen MR) is 113 cm³/mol. The number of nitrogens with one attached hydrogen (secondary N) is 1. The molecule has 1 N–H and O–H groups in total. The number of H-pyrrole nitrogens is 1. The monoisotopic (exact) mass is 358 g/mol.